The van der Waals surface area contributed by atoms with Crippen LogP contribution >= 0.6 is 23.8 Å². The molecular formula is C11H13ClN2O2S. The normalized spacial score (nSPS) is 9.76. The second-order valence-corrected chi connectivity index (χ2v) is 4.27. The summed E-state index contributed by atoms with van der Waals surface area (Å²) < 4.78 is 5.15. The number of nitrogens with two attached hydrogens (primary N) is 1. The van der Waals surface area contributed by atoms with E-state index in [1.165, 1.54) is 0 Å². The van der Waals surface area contributed by atoms with Crippen LogP contribution in [0.4, 0.5) is 0 Å². The number of methoxy groups -OCH3 is 1. The van der Waals surface area contributed by atoms with Gasteiger partial charge in [0.05, 0.1) is 18.5 Å². The van der Waals surface area contributed by atoms with Gasteiger partial charge in [0, 0.05) is 17.1 Å². The largest absolute Gasteiger partial charge is 0.496 e. The van der Waals surface area contributed by atoms with Gasteiger partial charge in [-0.1, -0.05) is 29.9 Å². The molecule has 6 heteroatoms. The Morgan fingerprint density at radius 3 is 2.88 bits per heavy atom. The van der Waals surface area contributed by atoms with Gasteiger partial charge in [0.25, 0.3) is 0 Å². The lowest BCUT2D eigenvalue weighted by Crippen LogP contribution is -2.27. The summed E-state index contributed by atoms with van der Waals surface area (Å²) in [7, 11) is 1.55. The molecule has 1 rings (SSSR count). The summed E-state index contributed by atoms with van der Waals surface area (Å²) in [5, 5.41) is 3.22. The van der Waals surface area contributed by atoms with Crippen LogP contribution in [0.25, 0.3) is 0 Å². The van der Waals surface area contributed by atoms with E-state index < -0.39 is 0 Å². The summed E-state index contributed by atoms with van der Waals surface area (Å²) >= 11 is 10.7. The summed E-state index contributed by atoms with van der Waals surface area (Å²) in [5.41, 5.74) is 6.00. The maximum atomic E-state index is 11.4. The summed E-state index contributed by atoms with van der Waals surface area (Å²) in [4.78, 5) is 11.5. The molecule has 0 aliphatic heterocycles. The van der Waals surface area contributed by atoms with E-state index in [1.807, 2.05) is 0 Å². The third-order valence-corrected chi connectivity index (χ3v) is 2.59. The van der Waals surface area contributed by atoms with Gasteiger partial charge in [0.15, 0.2) is 0 Å². The Kier molecular flexibility index (Phi) is 5.18. The molecule has 0 fully saturated rings. The number of ether oxygens (including phenoxy) is 1. The molecule has 0 unspecified atom stereocenters. The molecule has 0 radical (unpaired) electrons. The molecule has 1 aromatic rings. The highest BCUT2D eigenvalue weighted by Gasteiger charge is 2.09. The minimum Gasteiger partial charge on any atom is -0.496 e. The van der Waals surface area contributed by atoms with Crippen LogP contribution in [-0.2, 0) is 11.3 Å². The Morgan fingerprint density at radius 1 is 1.59 bits per heavy atom. The number of carbonyl (C=O) groups excluding carboxylic acids is 1. The monoisotopic (exact) mass is 272 g/mol. The van der Waals surface area contributed by atoms with Gasteiger partial charge in [-0.15, -0.1) is 0 Å². The van der Waals surface area contributed by atoms with Crippen molar-refractivity contribution >= 4 is 34.7 Å². The maximum absolute atomic E-state index is 11.4. The van der Waals surface area contributed by atoms with Crippen LogP contribution in [0, 0.1) is 0 Å². The van der Waals surface area contributed by atoms with Crippen molar-refractivity contribution < 1.29 is 9.53 Å². The van der Waals surface area contributed by atoms with Crippen molar-refractivity contribution in [3.05, 3.63) is 28.8 Å². The molecule has 0 aliphatic carbocycles. The summed E-state index contributed by atoms with van der Waals surface area (Å²) in [6, 6.07) is 5.29. The molecule has 0 aromatic heterocycles. The predicted molar refractivity (Wildman–Crippen MR) is 71.3 cm³/mol. The number of nitrogens with one attached hydrogen (secondary N) is 1. The van der Waals surface area contributed by atoms with Gasteiger partial charge in [0.2, 0.25) is 5.91 Å². The predicted octanol–water partition coefficient (Wildman–Crippen LogP) is 1.64. The molecule has 0 aliphatic rings. The van der Waals surface area contributed by atoms with Gasteiger partial charge in [-0.25, -0.2) is 0 Å². The number of hydrogen-bond acceptors (Lipinski definition) is 3. The fourth-order valence-corrected chi connectivity index (χ4v) is 1.67. The smallest absolute Gasteiger partial charge is 0.227 e. The van der Waals surface area contributed by atoms with E-state index in [2.05, 4.69) is 17.5 Å². The minimum atomic E-state index is -0.237. The number of carbonyl (C=O) groups is 1. The van der Waals surface area contributed by atoms with Gasteiger partial charge in [-0.3, -0.25) is 4.79 Å². The molecular weight excluding hydrogens is 260 g/mol. The molecule has 1 amide bonds. The molecule has 0 saturated heterocycles. The quantitative estimate of drug-likeness (QED) is 0.800. The van der Waals surface area contributed by atoms with E-state index in [0.29, 0.717) is 10.8 Å². The average molecular weight is 273 g/mol. The first-order chi connectivity index (χ1) is 8.04. The number of thiocarbonyl (C=S) groups is 1. The summed E-state index contributed by atoms with van der Waals surface area (Å²) in [6.45, 7) is 0.282. The van der Waals surface area contributed by atoms with Crippen molar-refractivity contribution in [3.63, 3.8) is 0 Å². The first kappa shape index (κ1) is 13.7. The van der Waals surface area contributed by atoms with Crippen molar-refractivity contribution in [2.45, 2.75) is 13.0 Å². The van der Waals surface area contributed by atoms with E-state index in [4.69, 9.17) is 22.1 Å². The number of benzene rings is 1. The zero-order chi connectivity index (χ0) is 12.8. The Morgan fingerprint density at radius 2 is 2.29 bits per heavy atom. The Bertz CT molecular complexity index is 437. The van der Waals surface area contributed by atoms with Gasteiger partial charge in [-0.2, -0.15) is 0 Å². The first-order valence-electron chi connectivity index (χ1n) is 4.91. The highest BCUT2D eigenvalue weighted by Crippen LogP contribution is 2.25. The Hall–Kier alpha value is -1.33. The molecule has 0 atom stereocenters. The molecule has 92 valence electrons. The number of amides is 1. The molecule has 0 bridgehead atoms. The van der Waals surface area contributed by atoms with Gasteiger partial charge in [0.1, 0.15) is 5.75 Å². The van der Waals surface area contributed by atoms with Crippen molar-refractivity contribution in [2.24, 2.45) is 5.73 Å². The van der Waals surface area contributed by atoms with Gasteiger partial charge in [-0.05, 0) is 12.1 Å². The SMILES string of the molecule is COc1cccc(Cl)c1CNC(=O)CC(N)=S. The fourth-order valence-electron chi connectivity index (χ4n) is 1.31. The van der Waals surface area contributed by atoms with E-state index in [1.54, 1.807) is 25.3 Å². The van der Waals surface area contributed by atoms with Crippen LogP contribution in [-0.4, -0.2) is 18.0 Å². The second-order valence-electron chi connectivity index (χ2n) is 3.34. The minimum absolute atomic E-state index is 0.0299. The third kappa shape index (κ3) is 4.20. The van der Waals surface area contributed by atoms with Gasteiger partial charge >= 0.3 is 0 Å². The standard InChI is InChI=1S/C11H13ClN2O2S/c1-16-9-4-2-3-8(12)7(9)6-14-11(15)5-10(13)17/h2-4H,5-6H2,1H3,(H2,13,17)(H,14,15). The third-order valence-electron chi connectivity index (χ3n) is 2.09. The maximum Gasteiger partial charge on any atom is 0.227 e. The highest BCUT2D eigenvalue weighted by molar-refractivity contribution is 7.80. The number of hydrogen-bond donors (Lipinski definition) is 2. The van der Waals surface area contributed by atoms with Crippen molar-refractivity contribution in [3.8, 4) is 5.75 Å². The average Bonchev–Trinajstić information content (AvgIpc) is 2.26. The van der Waals surface area contributed by atoms with Crippen molar-refractivity contribution in [1.29, 1.82) is 0 Å². The molecule has 17 heavy (non-hydrogen) atoms. The number of halogens is 1. The molecule has 0 spiro atoms. The van der Waals surface area contributed by atoms with Crippen molar-refractivity contribution in [1.82, 2.24) is 5.32 Å². The van der Waals surface area contributed by atoms with E-state index in [0.717, 1.165) is 5.56 Å². The van der Waals surface area contributed by atoms with Crippen LogP contribution in [0.5, 0.6) is 5.75 Å². The zero-order valence-electron chi connectivity index (χ0n) is 9.33. The zero-order valence-corrected chi connectivity index (χ0v) is 10.9. The van der Waals surface area contributed by atoms with E-state index >= 15 is 0 Å². The van der Waals surface area contributed by atoms with Crippen molar-refractivity contribution in [2.75, 3.05) is 7.11 Å². The molecule has 3 N–H and O–H groups in total. The van der Waals surface area contributed by atoms with E-state index in [9.17, 15) is 4.79 Å². The van der Waals surface area contributed by atoms with Crippen LogP contribution in [0.2, 0.25) is 5.02 Å². The topological polar surface area (TPSA) is 64.3 Å². The lowest BCUT2D eigenvalue weighted by molar-refractivity contribution is -0.120. The Balaban J connectivity index is 2.68. The fraction of sp³-hybridized carbons (Fsp3) is 0.273. The Labute approximate surface area is 110 Å². The molecule has 0 heterocycles. The van der Waals surface area contributed by atoms with Crippen LogP contribution in [0.3, 0.4) is 0 Å². The summed E-state index contributed by atoms with van der Waals surface area (Å²) in [5.74, 6) is 0.396. The molecule has 1 aromatic carbocycles. The molecule has 0 saturated carbocycles. The second kappa shape index (κ2) is 6.42. The lowest BCUT2D eigenvalue weighted by Gasteiger charge is -2.11. The molecule has 4 nitrogen and oxygen atoms in total. The van der Waals surface area contributed by atoms with Gasteiger partial charge < -0.3 is 15.8 Å². The number of rotatable bonds is 5. The van der Waals surface area contributed by atoms with E-state index in [-0.39, 0.29) is 23.9 Å². The summed E-state index contributed by atoms with van der Waals surface area (Å²) in [6.07, 6.45) is 0.0299. The first-order valence-corrected chi connectivity index (χ1v) is 5.69. The highest BCUT2D eigenvalue weighted by atomic mass is 35.5. The lowest BCUT2D eigenvalue weighted by atomic mass is 10.2. The van der Waals surface area contributed by atoms with Crippen LogP contribution < -0.4 is 15.8 Å². The van der Waals surface area contributed by atoms with Crippen LogP contribution in [0.15, 0.2) is 18.2 Å². The van der Waals surface area contributed by atoms with Crippen LogP contribution in [0.1, 0.15) is 12.0 Å².